The van der Waals surface area contributed by atoms with Crippen molar-refractivity contribution in [1.82, 2.24) is 5.32 Å². The fourth-order valence-electron chi connectivity index (χ4n) is 4.70. The number of nitrogens with one attached hydrogen (secondary N) is 3. The molecule has 3 N–H and O–H groups in total. The third-order valence-corrected chi connectivity index (χ3v) is 6.69. The first-order valence-corrected chi connectivity index (χ1v) is 12.8. The van der Waals surface area contributed by atoms with Gasteiger partial charge in [-0.3, -0.25) is 4.79 Å². The van der Waals surface area contributed by atoms with Gasteiger partial charge in [-0.2, -0.15) is 0 Å². The van der Waals surface area contributed by atoms with Gasteiger partial charge in [0.2, 0.25) is 0 Å². The van der Waals surface area contributed by atoms with Crippen molar-refractivity contribution in [3.05, 3.63) is 125 Å². The van der Waals surface area contributed by atoms with Gasteiger partial charge in [-0.25, -0.2) is 13.6 Å². The summed E-state index contributed by atoms with van der Waals surface area (Å²) in [5.41, 5.74) is 5.34. The van der Waals surface area contributed by atoms with Crippen molar-refractivity contribution in [2.75, 3.05) is 28.6 Å². The Labute approximate surface area is 225 Å². The third kappa shape index (κ3) is 6.41. The first kappa shape index (κ1) is 25.9. The van der Waals surface area contributed by atoms with Gasteiger partial charge >= 0.3 is 6.03 Å². The molecule has 5 rings (SSSR count). The summed E-state index contributed by atoms with van der Waals surface area (Å²) >= 11 is 0. The van der Waals surface area contributed by atoms with Crippen LogP contribution < -0.4 is 20.9 Å². The van der Waals surface area contributed by atoms with Gasteiger partial charge in [0.25, 0.3) is 5.91 Å². The lowest BCUT2D eigenvalue weighted by Crippen LogP contribution is -2.33. The maximum absolute atomic E-state index is 13.5. The molecule has 0 bridgehead atoms. The highest BCUT2D eigenvalue weighted by atomic mass is 19.2. The van der Waals surface area contributed by atoms with E-state index in [0.29, 0.717) is 30.8 Å². The summed E-state index contributed by atoms with van der Waals surface area (Å²) in [5, 5.41) is 8.17. The number of amides is 3. The van der Waals surface area contributed by atoms with Crippen LogP contribution in [0.3, 0.4) is 0 Å². The molecule has 0 saturated heterocycles. The summed E-state index contributed by atoms with van der Waals surface area (Å²) < 4.78 is 26.7. The number of nitrogens with zero attached hydrogens (tertiary/aromatic N) is 1. The molecule has 8 heteroatoms. The second kappa shape index (κ2) is 11.8. The molecular formula is C31H28F2N4O2. The molecule has 4 aromatic carbocycles. The van der Waals surface area contributed by atoms with Crippen LogP contribution in [0.5, 0.6) is 0 Å². The number of carbonyl (C=O) groups is 2. The van der Waals surface area contributed by atoms with Gasteiger partial charge in [0.05, 0.1) is 5.56 Å². The summed E-state index contributed by atoms with van der Waals surface area (Å²) in [5.74, 6) is -2.31. The van der Waals surface area contributed by atoms with E-state index in [1.165, 1.54) is 17.2 Å². The minimum absolute atomic E-state index is 0.105. The highest BCUT2D eigenvalue weighted by Gasteiger charge is 2.22. The fraction of sp³-hybridized carbons (Fsp3) is 0.161. The molecule has 3 amide bonds. The molecule has 6 nitrogen and oxygen atoms in total. The van der Waals surface area contributed by atoms with Crippen molar-refractivity contribution in [2.24, 2.45) is 0 Å². The fourth-order valence-corrected chi connectivity index (χ4v) is 4.70. The van der Waals surface area contributed by atoms with Crippen molar-refractivity contribution in [2.45, 2.75) is 19.4 Å². The number of carbonyl (C=O) groups excluding carboxylic acids is 2. The maximum atomic E-state index is 13.5. The topological polar surface area (TPSA) is 73.5 Å². The lowest BCUT2D eigenvalue weighted by molar-refractivity contribution is 0.0954. The Hall–Kier alpha value is -4.72. The Kier molecular flexibility index (Phi) is 7.82. The van der Waals surface area contributed by atoms with Crippen molar-refractivity contribution < 1.29 is 18.4 Å². The van der Waals surface area contributed by atoms with Gasteiger partial charge < -0.3 is 20.9 Å². The Morgan fingerprint density at radius 2 is 1.46 bits per heavy atom. The van der Waals surface area contributed by atoms with E-state index in [1.54, 1.807) is 12.1 Å². The summed E-state index contributed by atoms with van der Waals surface area (Å²) in [4.78, 5) is 28.1. The maximum Gasteiger partial charge on any atom is 0.323 e. The Balaban J connectivity index is 1.35. The predicted octanol–water partition coefficient (Wildman–Crippen LogP) is 6.14. The molecule has 0 atom stereocenters. The van der Waals surface area contributed by atoms with E-state index < -0.39 is 17.7 Å². The molecule has 1 aliphatic rings. The van der Waals surface area contributed by atoms with Crippen LogP contribution in [0.4, 0.5) is 30.6 Å². The van der Waals surface area contributed by atoms with E-state index in [-0.39, 0.29) is 11.6 Å². The average molecular weight is 527 g/mol. The molecular weight excluding hydrogens is 498 g/mol. The van der Waals surface area contributed by atoms with Crippen molar-refractivity contribution >= 4 is 29.0 Å². The monoisotopic (exact) mass is 526 g/mol. The van der Waals surface area contributed by atoms with Gasteiger partial charge in [0.1, 0.15) is 0 Å². The zero-order valence-corrected chi connectivity index (χ0v) is 21.2. The van der Waals surface area contributed by atoms with Crippen LogP contribution in [0, 0.1) is 11.6 Å². The molecule has 4 aromatic rings. The number of hydrogen-bond donors (Lipinski definition) is 3. The second-order valence-corrected chi connectivity index (χ2v) is 9.37. The molecule has 1 heterocycles. The minimum Gasteiger partial charge on any atom is -0.366 e. The first-order chi connectivity index (χ1) is 19.0. The largest absolute Gasteiger partial charge is 0.366 e. The van der Waals surface area contributed by atoms with Gasteiger partial charge in [-0.15, -0.1) is 0 Å². The van der Waals surface area contributed by atoms with E-state index in [1.807, 2.05) is 48.5 Å². The van der Waals surface area contributed by atoms with Crippen LogP contribution in [0.25, 0.3) is 0 Å². The lowest BCUT2D eigenvalue weighted by atomic mass is 9.98. The zero-order chi connectivity index (χ0) is 27.2. The zero-order valence-electron chi connectivity index (χ0n) is 21.2. The van der Waals surface area contributed by atoms with E-state index in [2.05, 4.69) is 33.0 Å². The van der Waals surface area contributed by atoms with Crippen LogP contribution >= 0.6 is 0 Å². The van der Waals surface area contributed by atoms with Crippen molar-refractivity contribution in [3.63, 3.8) is 0 Å². The highest BCUT2D eigenvalue weighted by Crippen LogP contribution is 2.30. The number of urea groups is 1. The Morgan fingerprint density at radius 3 is 2.23 bits per heavy atom. The van der Waals surface area contributed by atoms with Gasteiger partial charge in [-0.05, 0) is 59.9 Å². The molecule has 1 aliphatic heterocycles. The quantitative estimate of drug-likeness (QED) is 0.271. The van der Waals surface area contributed by atoms with Gasteiger partial charge in [0.15, 0.2) is 11.6 Å². The molecule has 0 unspecified atom stereocenters. The van der Waals surface area contributed by atoms with Crippen LogP contribution in [-0.2, 0) is 19.4 Å². The number of fused-ring (bicyclic) bond motifs is 1. The number of anilines is 3. The average Bonchev–Trinajstić information content (AvgIpc) is 2.95. The molecule has 0 radical (unpaired) electrons. The van der Waals surface area contributed by atoms with Crippen LogP contribution in [0.1, 0.15) is 27.0 Å². The minimum atomic E-state index is -1.06. The van der Waals surface area contributed by atoms with E-state index in [4.69, 9.17) is 0 Å². The normalized spacial score (nSPS) is 12.4. The van der Waals surface area contributed by atoms with Crippen molar-refractivity contribution in [1.29, 1.82) is 0 Å². The molecule has 0 aromatic heterocycles. The molecule has 0 aliphatic carbocycles. The van der Waals surface area contributed by atoms with E-state index in [0.717, 1.165) is 36.3 Å². The first-order valence-electron chi connectivity index (χ1n) is 12.8. The smallest absolute Gasteiger partial charge is 0.323 e. The number of benzene rings is 4. The van der Waals surface area contributed by atoms with Crippen LogP contribution in [-0.4, -0.2) is 25.0 Å². The SMILES string of the molecule is O=C(Nc1ccc(F)c(F)c1)Nc1ccc(N2CCc3ccccc3C2)c(C(=O)NCCc2ccccc2)c1. The van der Waals surface area contributed by atoms with E-state index in [9.17, 15) is 18.4 Å². The van der Waals surface area contributed by atoms with Crippen LogP contribution in [0.2, 0.25) is 0 Å². The molecule has 198 valence electrons. The van der Waals surface area contributed by atoms with Crippen molar-refractivity contribution in [3.8, 4) is 0 Å². The third-order valence-electron chi connectivity index (χ3n) is 6.69. The molecule has 0 fully saturated rings. The predicted molar refractivity (Wildman–Crippen MR) is 149 cm³/mol. The molecule has 0 spiro atoms. The number of hydrogen-bond acceptors (Lipinski definition) is 3. The number of halogens is 2. The number of rotatable bonds is 7. The summed E-state index contributed by atoms with van der Waals surface area (Å²) in [6, 6.07) is 25.8. The van der Waals surface area contributed by atoms with Gasteiger partial charge in [0, 0.05) is 42.8 Å². The Bertz CT molecular complexity index is 1490. The second-order valence-electron chi connectivity index (χ2n) is 9.37. The van der Waals surface area contributed by atoms with Crippen LogP contribution in [0.15, 0.2) is 91.0 Å². The summed E-state index contributed by atoms with van der Waals surface area (Å²) in [6.45, 7) is 1.88. The highest BCUT2D eigenvalue weighted by molar-refractivity contribution is 6.04. The lowest BCUT2D eigenvalue weighted by Gasteiger charge is -2.32. The summed E-state index contributed by atoms with van der Waals surface area (Å²) in [7, 11) is 0. The van der Waals surface area contributed by atoms with Gasteiger partial charge in [-0.1, -0.05) is 54.6 Å². The summed E-state index contributed by atoms with van der Waals surface area (Å²) in [6.07, 6.45) is 1.55. The molecule has 39 heavy (non-hydrogen) atoms. The van der Waals surface area contributed by atoms with E-state index >= 15 is 0 Å². The molecule has 0 saturated carbocycles. The Morgan fingerprint density at radius 1 is 0.769 bits per heavy atom. The standard InChI is InChI=1S/C31H28F2N4O2/c32-27-12-10-25(19-28(27)33)36-31(39)35-24-11-13-29(37-17-15-22-8-4-5-9-23(22)20-37)26(18-24)30(38)34-16-14-21-6-2-1-3-7-21/h1-13,18-19H,14-17,20H2,(H,34,38)(H2,35,36,39).